The summed E-state index contributed by atoms with van der Waals surface area (Å²) in [4.78, 5) is 26.4. The summed E-state index contributed by atoms with van der Waals surface area (Å²) in [5.41, 5.74) is -1.66. The molecule has 1 unspecified atom stereocenters. The maximum atomic E-state index is 13.2. The molecule has 0 radical (unpaired) electrons. The van der Waals surface area contributed by atoms with Gasteiger partial charge >= 0.3 is 11.9 Å². The van der Waals surface area contributed by atoms with Crippen LogP contribution in [-0.2, 0) is 14.3 Å². The molecule has 1 saturated heterocycles. The van der Waals surface area contributed by atoms with Crippen LogP contribution in [0.4, 0.5) is 0 Å². The van der Waals surface area contributed by atoms with Crippen LogP contribution < -0.4 is 0 Å². The molecule has 6 atom stereocenters. The topological polar surface area (TPSA) is 168 Å². The number of nitrogens with zero attached hydrogens (tertiary/aromatic N) is 1. The predicted octanol–water partition coefficient (Wildman–Crippen LogP) is 6.01. The fraction of sp³-hybridized carbons (Fsp3) is 0.943. The molecule has 1 rings (SSSR count). The molecule has 0 saturated carbocycles. The van der Waals surface area contributed by atoms with Crippen molar-refractivity contribution in [2.75, 3.05) is 13.2 Å². The van der Waals surface area contributed by atoms with E-state index in [9.17, 15) is 40.2 Å². The minimum Gasteiger partial charge on any atom is -0.481 e. The quantitative estimate of drug-likeness (QED) is 0.0530. The van der Waals surface area contributed by atoms with E-state index in [1.54, 1.807) is 0 Å². The molecule has 266 valence electrons. The summed E-state index contributed by atoms with van der Waals surface area (Å²) in [6, 6.07) is 0. The Bertz CT molecular complexity index is 767. The molecule has 1 aliphatic heterocycles. The van der Waals surface area contributed by atoms with Crippen molar-refractivity contribution in [3.05, 3.63) is 0 Å². The number of carbonyl (C=O) groups is 2. The van der Waals surface area contributed by atoms with Gasteiger partial charge in [-0.2, -0.15) is 0 Å². The summed E-state index contributed by atoms with van der Waals surface area (Å²) < 4.78 is 5.90. The third-order valence-electron chi connectivity index (χ3n) is 9.57. The van der Waals surface area contributed by atoms with Gasteiger partial charge in [0.1, 0.15) is 36.2 Å². The Kier molecular flexibility index (Phi) is 23.0. The molecule has 10 nitrogen and oxygen atoms in total. The summed E-state index contributed by atoms with van der Waals surface area (Å²) in [7, 11) is 0. The van der Waals surface area contributed by atoms with Gasteiger partial charge in [-0.15, -0.1) is 0 Å². The number of hydrogen-bond donors (Lipinski definition) is 6. The Balaban J connectivity index is 3.03. The molecule has 0 aromatic heterocycles. The zero-order valence-electron chi connectivity index (χ0n) is 28.4. The highest BCUT2D eigenvalue weighted by Crippen LogP contribution is 2.36. The Morgan fingerprint density at radius 2 is 1.07 bits per heavy atom. The minimum absolute atomic E-state index is 0.166. The van der Waals surface area contributed by atoms with Crippen LogP contribution in [0.25, 0.3) is 0 Å². The lowest BCUT2D eigenvalue weighted by molar-refractivity contribution is -0.279. The number of hydrogen-bond acceptors (Lipinski definition) is 8. The van der Waals surface area contributed by atoms with Crippen molar-refractivity contribution in [3.63, 3.8) is 0 Å². The molecule has 10 heteroatoms. The van der Waals surface area contributed by atoms with Gasteiger partial charge in [-0.05, 0) is 19.3 Å². The zero-order valence-corrected chi connectivity index (χ0v) is 28.4. The molecule has 0 aromatic carbocycles. The largest absolute Gasteiger partial charge is 0.481 e. The van der Waals surface area contributed by atoms with Crippen LogP contribution in [0.5, 0.6) is 0 Å². The Hall–Kier alpha value is -1.30. The van der Waals surface area contributed by atoms with E-state index in [2.05, 4.69) is 13.8 Å². The van der Waals surface area contributed by atoms with Crippen molar-refractivity contribution >= 4 is 11.9 Å². The molecule has 0 spiro atoms. The van der Waals surface area contributed by atoms with Crippen LogP contribution in [0, 0.1) is 0 Å². The summed E-state index contributed by atoms with van der Waals surface area (Å²) in [5, 5.41) is 62.2. The first-order chi connectivity index (χ1) is 21.7. The fourth-order valence-corrected chi connectivity index (χ4v) is 6.66. The molecule has 6 N–H and O–H groups in total. The highest BCUT2D eigenvalue weighted by atomic mass is 16.6. The van der Waals surface area contributed by atoms with E-state index in [0.29, 0.717) is 12.8 Å². The molecule has 45 heavy (non-hydrogen) atoms. The van der Waals surface area contributed by atoms with Crippen molar-refractivity contribution in [1.82, 2.24) is 4.90 Å². The molecule has 0 aliphatic carbocycles. The Morgan fingerprint density at radius 3 is 1.49 bits per heavy atom. The van der Waals surface area contributed by atoms with Crippen LogP contribution in [0.1, 0.15) is 162 Å². The van der Waals surface area contributed by atoms with Gasteiger partial charge in [0.15, 0.2) is 0 Å². The van der Waals surface area contributed by atoms with Gasteiger partial charge in [0.05, 0.1) is 6.61 Å². The van der Waals surface area contributed by atoms with Gasteiger partial charge in [0, 0.05) is 13.0 Å². The van der Waals surface area contributed by atoms with E-state index in [1.165, 1.54) is 69.1 Å². The third kappa shape index (κ3) is 15.4. The van der Waals surface area contributed by atoms with E-state index >= 15 is 0 Å². The smallest absolute Gasteiger partial charge is 0.324 e. The molecule has 0 bridgehead atoms. The highest BCUT2D eigenvalue weighted by Gasteiger charge is 2.53. The van der Waals surface area contributed by atoms with E-state index < -0.39 is 54.7 Å². The first-order valence-corrected chi connectivity index (χ1v) is 18.2. The molecule has 1 fully saturated rings. The van der Waals surface area contributed by atoms with Crippen LogP contribution in [0.2, 0.25) is 0 Å². The van der Waals surface area contributed by atoms with Crippen molar-refractivity contribution in [1.29, 1.82) is 0 Å². The van der Waals surface area contributed by atoms with E-state index in [0.717, 1.165) is 51.4 Å². The number of ether oxygens (including phenoxy) is 1. The Labute approximate surface area is 272 Å². The van der Waals surface area contributed by atoms with Crippen LogP contribution in [-0.4, -0.2) is 96.8 Å². The first-order valence-electron chi connectivity index (χ1n) is 18.2. The van der Waals surface area contributed by atoms with Gasteiger partial charge in [-0.25, -0.2) is 0 Å². The van der Waals surface area contributed by atoms with Crippen LogP contribution >= 0.6 is 0 Å². The van der Waals surface area contributed by atoms with Gasteiger partial charge in [-0.1, -0.05) is 136 Å². The molecule has 1 aliphatic rings. The van der Waals surface area contributed by atoms with E-state index in [4.69, 9.17) is 4.74 Å². The second-order valence-electron chi connectivity index (χ2n) is 13.3. The standard InChI is InChI=1S/C35H67NO9/c1-3-5-7-9-11-13-15-17-19-21-24-35(34(43)44,25-23-29(38)39)36(26-22-20-18-16-14-12-10-8-6-4-2)33-32(42)31(41)30(40)28(27-37)45-33/h28,30-33,37,40-42H,3-27H2,1-2H3,(H,38,39)(H,43,44)/t28-,30-,31+,32-,33?,35+/m1/s1. The lowest BCUT2D eigenvalue weighted by Crippen LogP contribution is -2.69. The molecular weight excluding hydrogens is 578 g/mol. The van der Waals surface area contributed by atoms with Gasteiger partial charge in [-0.3, -0.25) is 14.5 Å². The summed E-state index contributed by atoms with van der Waals surface area (Å²) in [6.45, 7) is 3.99. The molecular formula is C35H67NO9. The average molecular weight is 646 g/mol. The van der Waals surface area contributed by atoms with Crippen molar-refractivity contribution < 1.29 is 45.0 Å². The fourth-order valence-electron chi connectivity index (χ4n) is 6.66. The number of rotatable bonds is 29. The third-order valence-corrected chi connectivity index (χ3v) is 9.57. The van der Waals surface area contributed by atoms with Crippen LogP contribution in [0.15, 0.2) is 0 Å². The van der Waals surface area contributed by atoms with E-state index in [-0.39, 0.29) is 25.8 Å². The number of unbranched alkanes of at least 4 members (excludes halogenated alkanes) is 18. The first kappa shape index (κ1) is 41.7. The highest BCUT2D eigenvalue weighted by molar-refractivity contribution is 5.80. The number of carboxylic acids is 2. The average Bonchev–Trinajstić information content (AvgIpc) is 3.02. The molecule has 1 heterocycles. The monoisotopic (exact) mass is 645 g/mol. The number of aliphatic hydroxyl groups is 4. The number of carboxylic acid groups (broad SMARTS) is 2. The normalized spacial score (nSPS) is 23.3. The van der Waals surface area contributed by atoms with Crippen molar-refractivity contribution in [3.8, 4) is 0 Å². The van der Waals surface area contributed by atoms with Crippen LogP contribution in [0.3, 0.4) is 0 Å². The van der Waals surface area contributed by atoms with Gasteiger partial charge in [0.25, 0.3) is 0 Å². The second kappa shape index (κ2) is 24.8. The summed E-state index contributed by atoms with van der Waals surface area (Å²) in [5.74, 6) is -2.31. The number of aliphatic hydroxyl groups excluding tert-OH is 4. The lowest BCUT2D eigenvalue weighted by Gasteiger charge is -2.50. The number of aliphatic carboxylic acids is 2. The zero-order chi connectivity index (χ0) is 33.5. The molecule has 0 amide bonds. The van der Waals surface area contributed by atoms with Gasteiger partial charge in [0.2, 0.25) is 0 Å². The molecule has 0 aromatic rings. The maximum Gasteiger partial charge on any atom is 0.324 e. The van der Waals surface area contributed by atoms with Gasteiger partial charge < -0.3 is 35.4 Å². The second-order valence-corrected chi connectivity index (χ2v) is 13.3. The summed E-state index contributed by atoms with van der Waals surface area (Å²) in [6.07, 6.45) is 13.7. The van der Waals surface area contributed by atoms with Crippen molar-refractivity contribution in [2.45, 2.75) is 198 Å². The maximum absolute atomic E-state index is 13.2. The minimum atomic E-state index is -1.66. The Morgan fingerprint density at radius 1 is 0.622 bits per heavy atom. The van der Waals surface area contributed by atoms with E-state index in [1.807, 2.05) is 0 Å². The van der Waals surface area contributed by atoms with Crippen molar-refractivity contribution in [2.24, 2.45) is 0 Å². The predicted molar refractivity (Wildman–Crippen MR) is 176 cm³/mol. The summed E-state index contributed by atoms with van der Waals surface area (Å²) >= 11 is 0. The SMILES string of the molecule is CCCCCCCCCCCCN(C1O[C@H](CO)[C@@H](O)[C@H](O)[C@H]1O)[C@@](CCCCCCCCCCCC)(CCC(=O)O)C(=O)O. The lowest BCUT2D eigenvalue weighted by atomic mass is 9.83.